The van der Waals surface area contributed by atoms with Crippen LogP contribution < -0.4 is 0 Å². The number of nitrogens with zero attached hydrogens (tertiary/aromatic N) is 1. The Morgan fingerprint density at radius 1 is 1.27 bits per heavy atom. The van der Waals surface area contributed by atoms with E-state index in [9.17, 15) is 0 Å². The maximum atomic E-state index is 5.41. The van der Waals surface area contributed by atoms with Crippen LogP contribution in [0.15, 0.2) is 33.9 Å². The molecule has 1 fully saturated rings. The van der Waals surface area contributed by atoms with Gasteiger partial charge in [0.25, 0.3) is 0 Å². The molecule has 2 unspecified atom stereocenters. The lowest BCUT2D eigenvalue weighted by Crippen LogP contribution is -2.18. The fourth-order valence-electron chi connectivity index (χ4n) is 2.00. The number of hydrogen-bond donors (Lipinski definition) is 0. The molecule has 2 heterocycles. The molecule has 0 radical (unpaired) electrons. The summed E-state index contributed by atoms with van der Waals surface area (Å²) in [5.41, 5.74) is 2.14. The molecule has 2 atom stereocenters. The van der Waals surface area contributed by atoms with Gasteiger partial charge in [-0.1, -0.05) is 33.2 Å². The number of oxime groups is 1. The summed E-state index contributed by atoms with van der Waals surface area (Å²) in [6.07, 6.45) is 0.850. The van der Waals surface area contributed by atoms with E-state index in [4.69, 9.17) is 9.57 Å². The normalized spacial score (nSPS) is 28.5. The molecule has 15 heavy (non-hydrogen) atoms. The van der Waals surface area contributed by atoms with Crippen molar-refractivity contribution >= 4 is 21.6 Å². The minimum absolute atomic E-state index is 0.149. The number of fused-ring (bicyclic) bond motifs is 1. The van der Waals surface area contributed by atoms with E-state index in [1.54, 1.807) is 0 Å². The molecule has 0 bridgehead atoms. The number of benzene rings is 1. The molecule has 0 aliphatic carbocycles. The summed E-state index contributed by atoms with van der Waals surface area (Å²) in [4.78, 5) is 5.23. The zero-order chi connectivity index (χ0) is 10.3. The zero-order valence-electron chi connectivity index (χ0n) is 8.02. The van der Waals surface area contributed by atoms with Crippen LogP contribution in [0.4, 0.5) is 0 Å². The molecule has 0 amide bonds. The van der Waals surface area contributed by atoms with Gasteiger partial charge in [-0.05, 0) is 24.1 Å². The van der Waals surface area contributed by atoms with E-state index in [-0.39, 0.29) is 6.29 Å². The molecular formula is C11H10BrNO2. The van der Waals surface area contributed by atoms with Crippen LogP contribution in [0.1, 0.15) is 12.0 Å². The maximum absolute atomic E-state index is 5.41. The molecule has 3 nitrogen and oxygen atoms in total. The Morgan fingerprint density at radius 3 is 2.87 bits per heavy atom. The van der Waals surface area contributed by atoms with Crippen molar-refractivity contribution in [3.05, 3.63) is 34.3 Å². The fourth-order valence-corrected chi connectivity index (χ4v) is 2.26. The highest BCUT2D eigenvalue weighted by Crippen LogP contribution is 2.31. The first-order valence-electron chi connectivity index (χ1n) is 4.96. The topological polar surface area (TPSA) is 30.8 Å². The number of halogens is 1. The van der Waals surface area contributed by atoms with Gasteiger partial charge >= 0.3 is 0 Å². The number of ether oxygens (including phenoxy) is 1. The average molecular weight is 268 g/mol. The van der Waals surface area contributed by atoms with E-state index >= 15 is 0 Å². The molecule has 1 aromatic rings. The summed E-state index contributed by atoms with van der Waals surface area (Å²) in [6.45, 7) is 0.769. The number of hydrogen-bond acceptors (Lipinski definition) is 3. The molecule has 3 rings (SSSR count). The zero-order valence-corrected chi connectivity index (χ0v) is 9.61. The largest absolute Gasteiger partial charge is 0.363 e. The van der Waals surface area contributed by atoms with Crippen LogP contribution in [0.2, 0.25) is 0 Å². The minimum atomic E-state index is -0.149. The van der Waals surface area contributed by atoms with Gasteiger partial charge in [0.1, 0.15) is 0 Å². The first-order valence-corrected chi connectivity index (χ1v) is 5.75. The Labute approximate surface area is 96.2 Å². The van der Waals surface area contributed by atoms with Crippen molar-refractivity contribution in [2.45, 2.75) is 12.7 Å². The summed E-state index contributed by atoms with van der Waals surface area (Å²) in [7, 11) is 0. The molecule has 2 aliphatic heterocycles. The van der Waals surface area contributed by atoms with Gasteiger partial charge < -0.3 is 9.57 Å². The van der Waals surface area contributed by atoms with Crippen molar-refractivity contribution < 1.29 is 9.57 Å². The first-order chi connectivity index (χ1) is 7.34. The fraction of sp³-hybridized carbons (Fsp3) is 0.364. The van der Waals surface area contributed by atoms with E-state index in [2.05, 4.69) is 21.1 Å². The van der Waals surface area contributed by atoms with Gasteiger partial charge in [0, 0.05) is 4.47 Å². The second-order valence-corrected chi connectivity index (χ2v) is 4.64. The Kier molecular flexibility index (Phi) is 2.25. The van der Waals surface area contributed by atoms with Gasteiger partial charge in [-0.3, -0.25) is 0 Å². The van der Waals surface area contributed by atoms with Crippen molar-refractivity contribution in [3.8, 4) is 0 Å². The van der Waals surface area contributed by atoms with Crippen LogP contribution in [-0.2, 0) is 9.57 Å². The molecule has 2 aliphatic rings. The third kappa shape index (κ3) is 1.58. The second kappa shape index (κ2) is 3.61. The molecule has 1 aromatic carbocycles. The van der Waals surface area contributed by atoms with Gasteiger partial charge in [0.05, 0.1) is 18.2 Å². The Bertz CT molecular complexity index is 402. The molecule has 4 heteroatoms. The SMILES string of the molecule is Brc1ccc(C2=NOC3OCCC23)cc1. The molecule has 78 valence electrons. The van der Waals surface area contributed by atoms with Crippen LogP contribution in [-0.4, -0.2) is 18.6 Å². The van der Waals surface area contributed by atoms with Crippen molar-refractivity contribution in [3.63, 3.8) is 0 Å². The van der Waals surface area contributed by atoms with Crippen LogP contribution in [0, 0.1) is 5.92 Å². The van der Waals surface area contributed by atoms with Crippen LogP contribution >= 0.6 is 15.9 Å². The van der Waals surface area contributed by atoms with Crippen LogP contribution in [0.3, 0.4) is 0 Å². The Balaban J connectivity index is 1.91. The molecule has 1 saturated heterocycles. The van der Waals surface area contributed by atoms with Gasteiger partial charge in [0.15, 0.2) is 0 Å². The summed E-state index contributed by atoms with van der Waals surface area (Å²) < 4.78 is 6.48. The minimum Gasteiger partial charge on any atom is -0.363 e. The van der Waals surface area contributed by atoms with E-state index in [0.717, 1.165) is 28.8 Å². The van der Waals surface area contributed by atoms with Gasteiger partial charge in [-0.15, -0.1) is 0 Å². The summed E-state index contributed by atoms with van der Waals surface area (Å²) in [5, 5.41) is 4.10. The van der Waals surface area contributed by atoms with Crippen LogP contribution in [0.25, 0.3) is 0 Å². The van der Waals surface area contributed by atoms with Gasteiger partial charge in [-0.25, -0.2) is 0 Å². The molecule has 0 aromatic heterocycles. The molecule has 0 N–H and O–H groups in total. The lowest BCUT2D eigenvalue weighted by molar-refractivity contribution is -0.106. The molecule has 0 saturated carbocycles. The van der Waals surface area contributed by atoms with Gasteiger partial charge in [-0.2, -0.15) is 0 Å². The van der Waals surface area contributed by atoms with Crippen molar-refractivity contribution in [1.82, 2.24) is 0 Å². The van der Waals surface area contributed by atoms with Crippen molar-refractivity contribution in [1.29, 1.82) is 0 Å². The predicted octanol–water partition coefficient (Wildman–Crippen LogP) is 2.55. The van der Waals surface area contributed by atoms with E-state index < -0.39 is 0 Å². The van der Waals surface area contributed by atoms with E-state index in [1.165, 1.54) is 0 Å². The summed E-state index contributed by atoms with van der Waals surface area (Å²) in [6, 6.07) is 8.13. The van der Waals surface area contributed by atoms with Crippen molar-refractivity contribution in [2.24, 2.45) is 11.1 Å². The van der Waals surface area contributed by atoms with E-state index in [0.29, 0.717) is 5.92 Å². The Morgan fingerprint density at radius 2 is 2.07 bits per heavy atom. The highest BCUT2D eigenvalue weighted by atomic mass is 79.9. The monoisotopic (exact) mass is 267 g/mol. The first kappa shape index (κ1) is 9.36. The Hall–Kier alpha value is -0.870. The lowest BCUT2D eigenvalue weighted by Gasteiger charge is -2.07. The number of rotatable bonds is 1. The maximum Gasteiger partial charge on any atom is 0.235 e. The molecular weight excluding hydrogens is 258 g/mol. The lowest BCUT2D eigenvalue weighted by atomic mass is 9.96. The average Bonchev–Trinajstić information content (AvgIpc) is 2.80. The quantitative estimate of drug-likeness (QED) is 0.783. The summed E-state index contributed by atoms with van der Waals surface area (Å²) in [5.74, 6) is 0.311. The summed E-state index contributed by atoms with van der Waals surface area (Å²) >= 11 is 3.41. The smallest absolute Gasteiger partial charge is 0.235 e. The van der Waals surface area contributed by atoms with Crippen LogP contribution in [0.5, 0.6) is 0 Å². The molecule has 0 spiro atoms. The second-order valence-electron chi connectivity index (χ2n) is 3.72. The standard InChI is InChI=1S/C11H10BrNO2/c12-8-3-1-7(2-4-8)10-9-5-6-14-11(9)15-13-10/h1-4,9,11H,5-6H2. The third-order valence-electron chi connectivity index (χ3n) is 2.79. The highest BCUT2D eigenvalue weighted by Gasteiger charge is 2.39. The predicted molar refractivity (Wildman–Crippen MR) is 59.6 cm³/mol. The van der Waals surface area contributed by atoms with Gasteiger partial charge in [0.2, 0.25) is 6.29 Å². The van der Waals surface area contributed by atoms with E-state index in [1.807, 2.05) is 24.3 Å². The highest BCUT2D eigenvalue weighted by molar-refractivity contribution is 9.10. The van der Waals surface area contributed by atoms with Crippen molar-refractivity contribution in [2.75, 3.05) is 6.61 Å². The third-order valence-corrected chi connectivity index (χ3v) is 3.31.